The highest BCUT2D eigenvalue weighted by molar-refractivity contribution is 5.90. The lowest BCUT2D eigenvalue weighted by molar-refractivity contribution is -0.0247. The average molecular weight is 497 g/mol. The largest absolute Gasteiger partial charge is 0.493 e. The Morgan fingerprint density at radius 1 is 0.694 bits per heavy atom. The molecule has 0 bridgehead atoms. The van der Waals surface area contributed by atoms with Crippen molar-refractivity contribution in [3.8, 4) is 11.5 Å². The summed E-state index contributed by atoms with van der Waals surface area (Å²) >= 11 is 0. The maximum atomic E-state index is 12.9. The van der Waals surface area contributed by atoms with Crippen molar-refractivity contribution in [2.24, 2.45) is 17.8 Å². The van der Waals surface area contributed by atoms with Crippen molar-refractivity contribution in [3.63, 3.8) is 0 Å². The van der Waals surface area contributed by atoms with E-state index in [-0.39, 0.29) is 12.5 Å². The molecule has 0 aliphatic heterocycles. The number of rotatable bonds is 12. The van der Waals surface area contributed by atoms with Gasteiger partial charge in [-0.05, 0) is 79.1 Å². The van der Waals surface area contributed by atoms with E-state index in [2.05, 4.69) is 27.7 Å². The lowest BCUT2D eigenvalue weighted by Gasteiger charge is -2.29. The molecule has 0 amide bonds. The van der Waals surface area contributed by atoms with E-state index in [1.807, 2.05) is 0 Å². The van der Waals surface area contributed by atoms with E-state index in [1.165, 1.54) is 6.42 Å². The minimum Gasteiger partial charge on any atom is -0.493 e. The third kappa shape index (κ3) is 8.89. The Bertz CT molecular complexity index is 942. The van der Waals surface area contributed by atoms with Crippen molar-refractivity contribution in [2.45, 2.75) is 65.9 Å². The topological polar surface area (TPSA) is 71.1 Å². The van der Waals surface area contributed by atoms with Crippen molar-refractivity contribution in [1.82, 2.24) is 0 Å². The number of carbonyl (C=O) groups is 2. The first-order valence-electron chi connectivity index (χ1n) is 13.2. The van der Waals surface area contributed by atoms with E-state index in [4.69, 9.17) is 18.9 Å². The van der Waals surface area contributed by atoms with Gasteiger partial charge in [0.25, 0.3) is 0 Å². The Morgan fingerprint density at radius 3 is 1.64 bits per heavy atom. The Kier molecular flexibility index (Phi) is 10.6. The second-order valence-corrected chi connectivity index (χ2v) is 10.4. The molecule has 0 N–H and O–H groups in total. The van der Waals surface area contributed by atoms with Crippen LogP contribution in [0.2, 0.25) is 0 Å². The molecule has 0 spiro atoms. The van der Waals surface area contributed by atoms with Crippen LogP contribution in [-0.2, 0) is 9.47 Å². The summed E-state index contributed by atoms with van der Waals surface area (Å²) in [5.74, 6) is 1.61. The molecular weight excluding hydrogens is 456 g/mol. The number of ether oxygens (including phenoxy) is 4. The van der Waals surface area contributed by atoms with E-state index in [0.29, 0.717) is 36.2 Å². The van der Waals surface area contributed by atoms with Crippen molar-refractivity contribution in [3.05, 3.63) is 59.7 Å². The van der Waals surface area contributed by atoms with Crippen LogP contribution in [0.5, 0.6) is 11.5 Å². The summed E-state index contributed by atoms with van der Waals surface area (Å²) in [7, 11) is 0. The predicted molar refractivity (Wildman–Crippen MR) is 140 cm³/mol. The molecule has 0 saturated heterocycles. The molecule has 1 atom stereocenters. The zero-order valence-corrected chi connectivity index (χ0v) is 22.0. The van der Waals surface area contributed by atoms with Crippen LogP contribution in [0.15, 0.2) is 48.5 Å². The third-order valence-electron chi connectivity index (χ3n) is 6.16. The van der Waals surface area contributed by atoms with Crippen LogP contribution >= 0.6 is 0 Å². The van der Waals surface area contributed by atoms with Crippen LogP contribution in [0.3, 0.4) is 0 Å². The van der Waals surface area contributed by atoms with Gasteiger partial charge in [-0.1, -0.05) is 47.0 Å². The minimum absolute atomic E-state index is 0.0381. The molecule has 1 aliphatic rings. The summed E-state index contributed by atoms with van der Waals surface area (Å²) in [4.78, 5) is 25.6. The van der Waals surface area contributed by atoms with Crippen molar-refractivity contribution in [1.29, 1.82) is 0 Å². The van der Waals surface area contributed by atoms with E-state index in [9.17, 15) is 9.59 Å². The monoisotopic (exact) mass is 496 g/mol. The summed E-state index contributed by atoms with van der Waals surface area (Å²) in [5.41, 5.74) is 0.897. The second-order valence-electron chi connectivity index (χ2n) is 10.4. The van der Waals surface area contributed by atoms with E-state index in [1.54, 1.807) is 48.5 Å². The van der Waals surface area contributed by atoms with Gasteiger partial charge in [0.05, 0.1) is 24.3 Å². The van der Waals surface area contributed by atoms with Gasteiger partial charge in [0, 0.05) is 0 Å². The molecule has 2 aromatic rings. The molecule has 1 aliphatic carbocycles. The highest BCUT2D eigenvalue weighted by atomic mass is 16.6. The molecule has 6 heteroatoms. The summed E-state index contributed by atoms with van der Waals surface area (Å²) in [6, 6.07) is 13.9. The lowest BCUT2D eigenvalue weighted by atomic mass is 9.85. The Labute approximate surface area is 215 Å². The highest BCUT2D eigenvalue weighted by Crippen LogP contribution is 2.29. The first-order valence-corrected chi connectivity index (χ1v) is 13.2. The highest BCUT2D eigenvalue weighted by Gasteiger charge is 2.29. The van der Waals surface area contributed by atoms with Crippen LogP contribution in [0.1, 0.15) is 80.5 Å². The first kappa shape index (κ1) is 27.6. The number of hydrogen-bond acceptors (Lipinski definition) is 6. The molecule has 1 saturated carbocycles. The fraction of sp³-hybridized carbons (Fsp3) is 0.533. The average Bonchev–Trinajstić information content (AvgIpc) is 2.89. The van der Waals surface area contributed by atoms with Gasteiger partial charge >= 0.3 is 11.9 Å². The van der Waals surface area contributed by atoms with Crippen molar-refractivity contribution < 1.29 is 28.5 Å². The predicted octanol–water partition coefficient (Wildman–Crippen LogP) is 6.72. The van der Waals surface area contributed by atoms with Gasteiger partial charge in [-0.25, -0.2) is 9.59 Å². The van der Waals surface area contributed by atoms with Crippen molar-refractivity contribution >= 4 is 11.9 Å². The molecular formula is C30H40O6. The Balaban J connectivity index is 1.59. The molecule has 6 nitrogen and oxygen atoms in total. The van der Waals surface area contributed by atoms with Gasteiger partial charge in [0.2, 0.25) is 0 Å². The summed E-state index contributed by atoms with van der Waals surface area (Å²) < 4.78 is 22.9. The quantitative estimate of drug-likeness (QED) is 0.304. The van der Waals surface area contributed by atoms with Crippen LogP contribution in [0.4, 0.5) is 0 Å². The van der Waals surface area contributed by atoms with E-state index < -0.39 is 18.0 Å². The van der Waals surface area contributed by atoms with Crippen molar-refractivity contribution in [2.75, 3.05) is 19.8 Å². The maximum Gasteiger partial charge on any atom is 0.338 e. The standard InChI is InChI=1S/C30H40O6/c1-21(2)18-33-26-14-10-24(11-15-26)29(31)35-20-28(23-8-6-5-7-9-23)36-30(32)25-12-16-27(17-13-25)34-19-22(3)4/h10-17,21-23,28H,5-9,18-20H2,1-4H3/t28-/m1/s1. The summed E-state index contributed by atoms with van der Waals surface area (Å²) in [5, 5.41) is 0. The third-order valence-corrected chi connectivity index (χ3v) is 6.16. The molecule has 0 radical (unpaired) electrons. The fourth-order valence-corrected chi connectivity index (χ4v) is 4.12. The molecule has 2 aromatic carbocycles. The van der Waals surface area contributed by atoms with Gasteiger partial charge in [0.15, 0.2) is 0 Å². The Hall–Kier alpha value is -3.02. The minimum atomic E-state index is -0.479. The number of esters is 2. The zero-order chi connectivity index (χ0) is 25.9. The number of benzene rings is 2. The Morgan fingerprint density at radius 2 is 1.17 bits per heavy atom. The lowest BCUT2D eigenvalue weighted by Crippen LogP contribution is -2.33. The van der Waals surface area contributed by atoms with Gasteiger partial charge in [-0.3, -0.25) is 0 Å². The molecule has 196 valence electrons. The van der Waals surface area contributed by atoms with E-state index >= 15 is 0 Å². The van der Waals surface area contributed by atoms with Gasteiger partial charge in [-0.2, -0.15) is 0 Å². The smallest absolute Gasteiger partial charge is 0.338 e. The number of carbonyl (C=O) groups excluding carboxylic acids is 2. The zero-order valence-electron chi connectivity index (χ0n) is 22.0. The van der Waals surface area contributed by atoms with Crippen LogP contribution < -0.4 is 9.47 Å². The van der Waals surface area contributed by atoms with Crippen LogP contribution in [0.25, 0.3) is 0 Å². The van der Waals surface area contributed by atoms with Gasteiger partial charge in [0.1, 0.15) is 24.2 Å². The first-order chi connectivity index (χ1) is 17.3. The maximum absolute atomic E-state index is 12.9. The van der Waals surface area contributed by atoms with E-state index in [0.717, 1.165) is 37.2 Å². The SMILES string of the molecule is CC(C)COc1ccc(C(=O)OC[C@@H](OC(=O)c2ccc(OCC(C)C)cc2)C2CCCCC2)cc1. The van der Waals surface area contributed by atoms with Gasteiger partial charge < -0.3 is 18.9 Å². The van der Waals surface area contributed by atoms with Gasteiger partial charge in [-0.15, -0.1) is 0 Å². The van der Waals surface area contributed by atoms with Crippen LogP contribution in [-0.4, -0.2) is 37.9 Å². The normalized spacial score (nSPS) is 14.9. The molecule has 36 heavy (non-hydrogen) atoms. The fourth-order valence-electron chi connectivity index (χ4n) is 4.12. The van der Waals surface area contributed by atoms with Crippen LogP contribution in [0, 0.1) is 17.8 Å². The molecule has 1 fully saturated rings. The summed E-state index contributed by atoms with van der Waals surface area (Å²) in [6.07, 6.45) is 4.80. The molecule has 0 aromatic heterocycles. The molecule has 3 rings (SSSR count). The number of hydrogen-bond donors (Lipinski definition) is 0. The molecule has 0 heterocycles. The second kappa shape index (κ2) is 13.9. The summed E-state index contributed by atoms with van der Waals surface area (Å²) in [6.45, 7) is 9.61. The molecule has 0 unspecified atom stereocenters.